The number of halogens is 1. The van der Waals surface area contributed by atoms with E-state index in [1.165, 1.54) is 6.07 Å². The molecule has 0 fully saturated rings. The summed E-state index contributed by atoms with van der Waals surface area (Å²) in [6.45, 7) is 3.75. The Morgan fingerprint density at radius 1 is 1.50 bits per heavy atom. The fraction of sp³-hybridized carbons (Fsp3) is 0.308. The monoisotopic (exact) mass is 280 g/mol. The smallest absolute Gasteiger partial charge is 0.339 e. The SMILES string of the molecule is CC(C)c1noc(COc2ccc(F)cc2C(=O)O)n1. The minimum absolute atomic E-state index is 0.0446. The van der Waals surface area contributed by atoms with E-state index < -0.39 is 11.8 Å². The molecule has 0 spiro atoms. The molecule has 1 N–H and O–H groups in total. The number of rotatable bonds is 5. The lowest BCUT2D eigenvalue weighted by Gasteiger charge is -2.06. The number of carbonyl (C=O) groups is 1. The van der Waals surface area contributed by atoms with Gasteiger partial charge in [0.15, 0.2) is 12.4 Å². The summed E-state index contributed by atoms with van der Waals surface area (Å²) < 4.78 is 23.3. The van der Waals surface area contributed by atoms with E-state index in [1.54, 1.807) is 0 Å². The van der Waals surface area contributed by atoms with Crippen molar-refractivity contribution in [2.75, 3.05) is 0 Å². The molecule has 0 aliphatic carbocycles. The molecule has 0 saturated heterocycles. The number of ether oxygens (including phenoxy) is 1. The number of benzene rings is 1. The number of carboxylic acids is 1. The first kappa shape index (κ1) is 14.0. The lowest BCUT2D eigenvalue weighted by atomic mass is 10.2. The standard InChI is InChI=1S/C13H13FN2O4/c1-7(2)12-15-11(20-16-12)6-19-10-4-3-8(14)5-9(10)13(17)18/h3-5,7H,6H2,1-2H3,(H,17,18). The van der Waals surface area contributed by atoms with E-state index in [9.17, 15) is 9.18 Å². The van der Waals surface area contributed by atoms with Crippen molar-refractivity contribution in [1.29, 1.82) is 0 Å². The van der Waals surface area contributed by atoms with Crippen molar-refractivity contribution in [3.05, 3.63) is 41.3 Å². The number of hydrogen-bond acceptors (Lipinski definition) is 5. The Kier molecular flexibility index (Phi) is 3.97. The fourth-order valence-electron chi connectivity index (χ4n) is 1.50. The highest BCUT2D eigenvalue weighted by Gasteiger charge is 2.15. The highest BCUT2D eigenvalue weighted by atomic mass is 19.1. The van der Waals surface area contributed by atoms with Gasteiger partial charge in [0.2, 0.25) is 0 Å². The van der Waals surface area contributed by atoms with Crippen molar-refractivity contribution in [2.24, 2.45) is 0 Å². The van der Waals surface area contributed by atoms with Gasteiger partial charge in [0.25, 0.3) is 5.89 Å². The molecule has 0 aliphatic heterocycles. The van der Waals surface area contributed by atoms with Gasteiger partial charge in [-0.1, -0.05) is 19.0 Å². The van der Waals surface area contributed by atoms with E-state index in [1.807, 2.05) is 13.8 Å². The third-order valence-corrected chi connectivity index (χ3v) is 2.52. The topological polar surface area (TPSA) is 85.5 Å². The van der Waals surface area contributed by atoms with E-state index in [4.69, 9.17) is 14.4 Å². The molecule has 20 heavy (non-hydrogen) atoms. The third-order valence-electron chi connectivity index (χ3n) is 2.52. The molecule has 0 aliphatic rings. The quantitative estimate of drug-likeness (QED) is 0.906. The summed E-state index contributed by atoms with van der Waals surface area (Å²) >= 11 is 0. The van der Waals surface area contributed by atoms with Gasteiger partial charge in [0, 0.05) is 5.92 Å². The van der Waals surface area contributed by atoms with Gasteiger partial charge in [0.05, 0.1) is 0 Å². The molecular weight excluding hydrogens is 267 g/mol. The first-order valence-corrected chi connectivity index (χ1v) is 5.95. The van der Waals surface area contributed by atoms with E-state index in [0.29, 0.717) is 5.82 Å². The first-order chi connectivity index (χ1) is 9.47. The Hall–Kier alpha value is -2.44. The molecule has 0 unspecified atom stereocenters. The van der Waals surface area contributed by atoms with Gasteiger partial charge in [-0.15, -0.1) is 0 Å². The van der Waals surface area contributed by atoms with Gasteiger partial charge in [0.1, 0.15) is 17.1 Å². The van der Waals surface area contributed by atoms with E-state index in [-0.39, 0.29) is 29.7 Å². The van der Waals surface area contributed by atoms with Crippen LogP contribution in [0.4, 0.5) is 4.39 Å². The molecule has 6 nitrogen and oxygen atoms in total. The van der Waals surface area contributed by atoms with Crippen LogP contribution < -0.4 is 4.74 Å². The zero-order chi connectivity index (χ0) is 14.7. The van der Waals surface area contributed by atoms with Gasteiger partial charge in [-0.25, -0.2) is 9.18 Å². The van der Waals surface area contributed by atoms with Crippen LogP contribution in [0, 0.1) is 5.82 Å². The van der Waals surface area contributed by atoms with Crippen molar-refractivity contribution in [2.45, 2.75) is 26.4 Å². The zero-order valence-corrected chi connectivity index (χ0v) is 11.0. The summed E-state index contributed by atoms with van der Waals surface area (Å²) in [5.41, 5.74) is -0.256. The lowest BCUT2D eigenvalue weighted by molar-refractivity contribution is 0.0690. The Bertz CT molecular complexity index is 625. The Morgan fingerprint density at radius 2 is 2.25 bits per heavy atom. The van der Waals surface area contributed by atoms with Crippen molar-refractivity contribution in [3.8, 4) is 5.75 Å². The number of aromatic nitrogens is 2. The predicted molar refractivity (Wildman–Crippen MR) is 66.1 cm³/mol. The van der Waals surface area contributed by atoms with Gasteiger partial charge in [-0.2, -0.15) is 4.98 Å². The average molecular weight is 280 g/mol. The van der Waals surface area contributed by atoms with Crippen LogP contribution >= 0.6 is 0 Å². The van der Waals surface area contributed by atoms with Crippen LogP contribution in [0.3, 0.4) is 0 Å². The molecule has 2 aromatic rings. The molecule has 0 bridgehead atoms. The number of nitrogens with zero attached hydrogens (tertiary/aromatic N) is 2. The van der Waals surface area contributed by atoms with Crippen molar-refractivity contribution >= 4 is 5.97 Å². The summed E-state index contributed by atoms with van der Waals surface area (Å²) in [5, 5.41) is 12.7. The Morgan fingerprint density at radius 3 is 2.85 bits per heavy atom. The maximum atomic E-state index is 13.0. The fourth-order valence-corrected chi connectivity index (χ4v) is 1.50. The summed E-state index contributed by atoms with van der Waals surface area (Å²) in [6, 6.07) is 3.26. The maximum Gasteiger partial charge on any atom is 0.339 e. The van der Waals surface area contributed by atoms with Crippen LogP contribution in [-0.2, 0) is 6.61 Å². The van der Waals surface area contributed by atoms with Crippen molar-refractivity contribution in [1.82, 2.24) is 10.1 Å². The molecule has 0 saturated carbocycles. The second kappa shape index (κ2) is 5.68. The van der Waals surface area contributed by atoms with Gasteiger partial charge in [-0.05, 0) is 18.2 Å². The largest absolute Gasteiger partial charge is 0.483 e. The van der Waals surface area contributed by atoms with Crippen LogP contribution in [0.15, 0.2) is 22.7 Å². The predicted octanol–water partition coefficient (Wildman–Crippen LogP) is 2.61. The van der Waals surface area contributed by atoms with Gasteiger partial charge < -0.3 is 14.4 Å². The van der Waals surface area contributed by atoms with Crippen LogP contribution in [0.1, 0.15) is 41.8 Å². The molecule has 1 aromatic heterocycles. The number of carboxylic acid groups (broad SMARTS) is 1. The van der Waals surface area contributed by atoms with Crippen LogP contribution in [0.5, 0.6) is 5.75 Å². The van der Waals surface area contributed by atoms with Gasteiger partial charge in [-0.3, -0.25) is 0 Å². The van der Waals surface area contributed by atoms with Crippen LogP contribution in [0.25, 0.3) is 0 Å². The van der Waals surface area contributed by atoms with Crippen molar-refractivity contribution in [3.63, 3.8) is 0 Å². The molecule has 7 heteroatoms. The van der Waals surface area contributed by atoms with Crippen molar-refractivity contribution < 1.29 is 23.6 Å². The second-order valence-electron chi connectivity index (χ2n) is 4.44. The van der Waals surface area contributed by atoms with E-state index in [0.717, 1.165) is 12.1 Å². The maximum absolute atomic E-state index is 13.0. The molecule has 1 aromatic carbocycles. The summed E-state index contributed by atoms with van der Waals surface area (Å²) in [4.78, 5) is 15.1. The molecule has 1 heterocycles. The van der Waals surface area contributed by atoms with Crippen LogP contribution in [0.2, 0.25) is 0 Å². The highest BCUT2D eigenvalue weighted by Crippen LogP contribution is 2.21. The minimum atomic E-state index is -1.27. The molecule has 2 rings (SSSR count). The van der Waals surface area contributed by atoms with Crippen LogP contribution in [-0.4, -0.2) is 21.2 Å². The van der Waals surface area contributed by atoms with Gasteiger partial charge >= 0.3 is 5.97 Å². The summed E-state index contributed by atoms with van der Waals surface area (Å²) in [5.74, 6) is -0.978. The summed E-state index contributed by atoms with van der Waals surface area (Å²) in [7, 11) is 0. The normalized spacial score (nSPS) is 10.8. The first-order valence-electron chi connectivity index (χ1n) is 5.95. The zero-order valence-electron chi connectivity index (χ0n) is 11.0. The molecular formula is C13H13FN2O4. The molecule has 106 valence electrons. The molecule has 0 atom stereocenters. The number of hydrogen-bond donors (Lipinski definition) is 1. The Labute approximate surface area is 114 Å². The summed E-state index contributed by atoms with van der Waals surface area (Å²) in [6.07, 6.45) is 0. The minimum Gasteiger partial charge on any atom is -0.483 e. The highest BCUT2D eigenvalue weighted by molar-refractivity contribution is 5.90. The Balaban J connectivity index is 2.12. The average Bonchev–Trinajstić information content (AvgIpc) is 2.86. The van der Waals surface area contributed by atoms with E-state index >= 15 is 0 Å². The van der Waals surface area contributed by atoms with E-state index in [2.05, 4.69) is 10.1 Å². The second-order valence-corrected chi connectivity index (χ2v) is 4.44. The molecule has 0 amide bonds. The molecule has 0 radical (unpaired) electrons. The third kappa shape index (κ3) is 3.11. The lowest BCUT2D eigenvalue weighted by Crippen LogP contribution is -2.04. The number of aromatic carboxylic acids is 1.